The zero-order valence-electron chi connectivity index (χ0n) is 13.4. The van der Waals surface area contributed by atoms with E-state index in [0.717, 1.165) is 5.92 Å². The van der Waals surface area contributed by atoms with Crippen LogP contribution < -0.4 is 0 Å². The summed E-state index contributed by atoms with van der Waals surface area (Å²) in [5.74, 6) is 0.828. The van der Waals surface area contributed by atoms with Crippen LogP contribution in [0.2, 0.25) is 0 Å². The lowest BCUT2D eigenvalue weighted by Gasteiger charge is -2.45. The quantitative estimate of drug-likeness (QED) is 0.675. The molecule has 1 aromatic carbocycles. The minimum Gasteiger partial charge on any atom is -0.296 e. The highest BCUT2D eigenvalue weighted by molar-refractivity contribution is 5.49. The third-order valence-electron chi connectivity index (χ3n) is 6.08. The molecule has 1 atom stereocenters. The zero-order valence-corrected chi connectivity index (χ0v) is 13.4. The average Bonchev–Trinajstić information content (AvgIpc) is 3.16. The molecule has 0 saturated heterocycles. The van der Waals surface area contributed by atoms with Crippen molar-refractivity contribution in [3.8, 4) is 0 Å². The molecule has 0 bridgehead atoms. The van der Waals surface area contributed by atoms with Crippen LogP contribution in [0.1, 0.15) is 74.6 Å². The SMILES string of the molecule is CN1Cc2cc(C(C)(C)C)cc3c2[C@H](CCC3)C12CC2. The maximum Gasteiger partial charge on any atom is 0.0280 e. The molecule has 3 aliphatic rings. The monoisotopic (exact) mass is 269 g/mol. The first-order valence-electron chi connectivity index (χ1n) is 8.29. The Bertz CT molecular complexity index is 560. The predicted molar refractivity (Wildman–Crippen MR) is 84.3 cm³/mol. The van der Waals surface area contributed by atoms with Gasteiger partial charge in [0, 0.05) is 18.0 Å². The summed E-state index contributed by atoms with van der Waals surface area (Å²) in [5, 5.41) is 0. The Kier molecular flexibility index (Phi) is 2.50. The second-order valence-corrected chi connectivity index (χ2v) is 8.36. The molecule has 1 heterocycles. The van der Waals surface area contributed by atoms with E-state index in [-0.39, 0.29) is 5.41 Å². The molecule has 0 radical (unpaired) electrons. The number of likely N-dealkylation sites (N-methyl/N-ethyl adjacent to an activating group) is 1. The molecule has 0 N–H and O–H groups in total. The van der Waals surface area contributed by atoms with Gasteiger partial charge in [0.25, 0.3) is 0 Å². The van der Waals surface area contributed by atoms with E-state index in [1.807, 2.05) is 0 Å². The minimum atomic E-state index is 0.270. The third-order valence-corrected chi connectivity index (χ3v) is 6.08. The summed E-state index contributed by atoms with van der Waals surface area (Å²) in [6, 6.07) is 5.05. The molecule has 1 heteroatoms. The lowest BCUT2D eigenvalue weighted by atomic mass is 9.70. The zero-order chi connectivity index (χ0) is 14.1. The normalized spacial score (nSPS) is 27.5. The maximum atomic E-state index is 2.67. The number of aryl methyl sites for hydroxylation is 1. The Morgan fingerprint density at radius 3 is 2.50 bits per heavy atom. The average molecular weight is 269 g/mol. The lowest BCUT2D eigenvalue weighted by Crippen LogP contribution is -2.44. The van der Waals surface area contributed by atoms with Gasteiger partial charge >= 0.3 is 0 Å². The summed E-state index contributed by atoms with van der Waals surface area (Å²) in [6.07, 6.45) is 6.96. The smallest absolute Gasteiger partial charge is 0.0280 e. The minimum absolute atomic E-state index is 0.270. The number of nitrogens with zero attached hydrogens (tertiary/aromatic N) is 1. The van der Waals surface area contributed by atoms with Crippen LogP contribution in [0.15, 0.2) is 12.1 Å². The van der Waals surface area contributed by atoms with E-state index in [9.17, 15) is 0 Å². The van der Waals surface area contributed by atoms with Crippen molar-refractivity contribution in [2.75, 3.05) is 7.05 Å². The van der Waals surface area contributed by atoms with E-state index >= 15 is 0 Å². The first-order chi connectivity index (χ1) is 9.42. The summed E-state index contributed by atoms with van der Waals surface area (Å²) in [7, 11) is 2.36. The number of hydrogen-bond donors (Lipinski definition) is 0. The molecule has 1 spiro atoms. The molecular weight excluding hydrogens is 242 g/mol. The van der Waals surface area contributed by atoms with E-state index in [1.54, 1.807) is 16.7 Å². The Hall–Kier alpha value is -0.820. The van der Waals surface area contributed by atoms with E-state index in [0.29, 0.717) is 5.54 Å². The van der Waals surface area contributed by atoms with Gasteiger partial charge in [-0.3, -0.25) is 4.90 Å². The Morgan fingerprint density at radius 2 is 1.85 bits per heavy atom. The molecule has 4 rings (SSSR count). The molecule has 108 valence electrons. The molecule has 1 aromatic rings. The van der Waals surface area contributed by atoms with Crippen molar-refractivity contribution < 1.29 is 0 Å². The molecule has 1 saturated carbocycles. The van der Waals surface area contributed by atoms with Crippen LogP contribution in [0.3, 0.4) is 0 Å². The molecule has 1 nitrogen and oxygen atoms in total. The fourth-order valence-electron chi connectivity index (χ4n) is 4.71. The third kappa shape index (κ3) is 1.65. The molecular formula is C19H27N. The van der Waals surface area contributed by atoms with Gasteiger partial charge in [-0.1, -0.05) is 32.9 Å². The van der Waals surface area contributed by atoms with Crippen LogP contribution in [0, 0.1) is 0 Å². The van der Waals surface area contributed by atoms with Crippen LogP contribution in [-0.4, -0.2) is 17.5 Å². The van der Waals surface area contributed by atoms with Gasteiger partial charge < -0.3 is 0 Å². The van der Waals surface area contributed by atoms with Crippen LogP contribution in [-0.2, 0) is 18.4 Å². The van der Waals surface area contributed by atoms with Crippen molar-refractivity contribution in [3.05, 3.63) is 34.4 Å². The number of hydrogen-bond acceptors (Lipinski definition) is 1. The van der Waals surface area contributed by atoms with Crippen molar-refractivity contribution in [1.29, 1.82) is 0 Å². The second-order valence-electron chi connectivity index (χ2n) is 8.36. The largest absolute Gasteiger partial charge is 0.296 e. The van der Waals surface area contributed by atoms with Gasteiger partial charge in [-0.15, -0.1) is 0 Å². The highest BCUT2D eigenvalue weighted by Crippen LogP contribution is 2.59. The molecule has 1 aliphatic heterocycles. The fourth-order valence-corrected chi connectivity index (χ4v) is 4.71. The van der Waals surface area contributed by atoms with Crippen LogP contribution in [0.25, 0.3) is 0 Å². The lowest BCUT2D eigenvalue weighted by molar-refractivity contribution is 0.149. The summed E-state index contributed by atoms with van der Waals surface area (Å²) < 4.78 is 0. The van der Waals surface area contributed by atoms with Crippen LogP contribution >= 0.6 is 0 Å². The fraction of sp³-hybridized carbons (Fsp3) is 0.684. The first kappa shape index (κ1) is 12.9. The second kappa shape index (κ2) is 3.88. The summed E-state index contributed by atoms with van der Waals surface area (Å²) in [6.45, 7) is 8.20. The summed E-state index contributed by atoms with van der Waals surface area (Å²) in [4.78, 5) is 2.67. The molecule has 0 aromatic heterocycles. The van der Waals surface area contributed by atoms with Gasteiger partial charge in [-0.05, 0) is 66.8 Å². The number of fused-ring (bicyclic) bond motifs is 1. The highest BCUT2D eigenvalue weighted by atomic mass is 15.2. The Labute approximate surface area is 123 Å². The van der Waals surface area contributed by atoms with Crippen LogP contribution in [0.4, 0.5) is 0 Å². The first-order valence-corrected chi connectivity index (χ1v) is 8.29. The highest BCUT2D eigenvalue weighted by Gasteiger charge is 2.56. The van der Waals surface area contributed by atoms with E-state index in [1.165, 1.54) is 44.2 Å². The van der Waals surface area contributed by atoms with Crippen LogP contribution in [0.5, 0.6) is 0 Å². The van der Waals surface area contributed by atoms with Gasteiger partial charge in [0.05, 0.1) is 0 Å². The standard InChI is InChI=1S/C19H27N/c1-18(2,3)15-10-13-6-5-7-16-17(13)14(11-15)12-20(4)19(16)8-9-19/h10-11,16H,5-9,12H2,1-4H3/t16-/m0/s1. The van der Waals surface area contributed by atoms with Crippen molar-refractivity contribution in [1.82, 2.24) is 4.90 Å². The van der Waals surface area contributed by atoms with Gasteiger partial charge in [0.1, 0.15) is 0 Å². The van der Waals surface area contributed by atoms with Crippen molar-refractivity contribution in [2.24, 2.45) is 0 Å². The molecule has 20 heavy (non-hydrogen) atoms. The van der Waals surface area contributed by atoms with E-state index in [4.69, 9.17) is 0 Å². The summed E-state index contributed by atoms with van der Waals surface area (Å²) >= 11 is 0. The van der Waals surface area contributed by atoms with Crippen molar-refractivity contribution in [3.63, 3.8) is 0 Å². The summed E-state index contributed by atoms with van der Waals surface area (Å²) in [5.41, 5.74) is 7.43. The van der Waals surface area contributed by atoms with Gasteiger partial charge in [-0.2, -0.15) is 0 Å². The van der Waals surface area contributed by atoms with Gasteiger partial charge in [0.15, 0.2) is 0 Å². The Morgan fingerprint density at radius 1 is 1.15 bits per heavy atom. The Balaban J connectivity index is 1.89. The predicted octanol–water partition coefficient (Wildman–Crippen LogP) is 4.38. The molecule has 0 amide bonds. The van der Waals surface area contributed by atoms with Gasteiger partial charge in [-0.25, -0.2) is 0 Å². The number of benzene rings is 1. The molecule has 0 unspecified atom stereocenters. The maximum absolute atomic E-state index is 2.67. The topological polar surface area (TPSA) is 3.24 Å². The van der Waals surface area contributed by atoms with Gasteiger partial charge in [0.2, 0.25) is 0 Å². The van der Waals surface area contributed by atoms with Crippen molar-refractivity contribution >= 4 is 0 Å². The van der Waals surface area contributed by atoms with E-state index < -0.39 is 0 Å². The number of rotatable bonds is 0. The van der Waals surface area contributed by atoms with E-state index in [2.05, 4.69) is 44.9 Å². The molecule has 1 fully saturated rings. The molecule has 2 aliphatic carbocycles. The van der Waals surface area contributed by atoms with Crippen molar-refractivity contribution in [2.45, 2.75) is 76.3 Å².